The van der Waals surface area contributed by atoms with E-state index in [1.165, 1.54) is 12.0 Å². The molecule has 5 nitrogen and oxygen atoms in total. The van der Waals surface area contributed by atoms with E-state index in [1.54, 1.807) is 7.05 Å². The van der Waals surface area contributed by atoms with E-state index < -0.39 is 0 Å². The summed E-state index contributed by atoms with van der Waals surface area (Å²) in [5, 5.41) is 6.66. The van der Waals surface area contributed by atoms with Gasteiger partial charge >= 0.3 is 0 Å². The predicted octanol–water partition coefficient (Wildman–Crippen LogP) is 4.02. The Morgan fingerprint density at radius 1 is 0.852 bits per heavy atom. The molecule has 6 heteroatoms. The number of ether oxygens (including phenoxy) is 2. The molecule has 0 fully saturated rings. The topological polar surface area (TPSA) is 54.9 Å². The minimum absolute atomic E-state index is 0. The Bertz CT molecular complexity index is 458. The second kappa shape index (κ2) is 19.9. The smallest absolute Gasteiger partial charge is 0.190 e. The first-order chi connectivity index (χ1) is 12.9. The molecule has 0 amide bonds. The Morgan fingerprint density at radius 2 is 1.48 bits per heavy atom. The Kier molecular flexibility index (Phi) is 19.3. The molecule has 0 bridgehead atoms. The molecule has 27 heavy (non-hydrogen) atoms. The van der Waals surface area contributed by atoms with Gasteiger partial charge in [0.1, 0.15) is 0 Å². The predicted molar refractivity (Wildman–Crippen MR) is 125 cm³/mol. The maximum absolute atomic E-state index is 5.70. The van der Waals surface area contributed by atoms with Crippen molar-refractivity contribution in [1.29, 1.82) is 0 Å². The van der Waals surface area contributed by atoms with Crippen LogP contribution < -0.4 is 10.6 Å². The van der Waals surface area contributed by atoms with E-state index in [9.17, 15) is 0 Å². The van der Waals surface area contributed by atoms with Crippen molar-refractivity contribution in [2.45, 2.75) is 45.4 Å². The van der Waals surface area contributed by atoms with Gasteiger partial charge in [0.15, 0.2) is 5.96 Å². The zero-order valence-electron chi connectivity index (χ0n) is 17.0. The van der Waals surface area contributed by atoms with Crippen molar-refractivity contribution in [2.24, 2.45) is 4.99 Å². The number of nitrogens with zero attached hydrogens (tertiary/aromatic N) is 1. The number of nitrogens with one attached hydrogen (secondary N) is 2. The van der Waals surface area contributed by atoms with Gasteiger partial charge in [-0.1, -0.05) is 43.7 Å². The highest BCUT2D eigenvalue weighted by atomic mass is 127. The lowest BCUT2D eigenvalue weighted by atomic mass is 10.2. The van der Waals surface area contributed by atoms with Gasteiger partial charge in [0.25, 0.3) is 0 Å². The summed E-state index contributed by atoms with van der Waals surface area (Å²) in [4.78, 5) is 4.24. The molecule has 0 aliphatic carbocycles. The van der Waals surface area contributed by atoms with E-state index in [-0.39, 0.29) is 24.0 Å². The maximum atomic E-state index is 5.70. The number of hydrogen-bond donors (Lipinski definition) is 2. The second-order valence-corrected chi connectivity index (χ2v) is 6.30. The summed E-state index contributed by atoms with van der Waals surface area (Å²) in [6, 6.07) is 10.5. The first-order valence-corrected chi connectivity index (χ1v) is 10.0. The third-order valence-corrected chi connectivity index (χ3v) is 4.01. The molecule has 0 unspecified atom stereocenters. The molecule has 0 saturated carbocycles. The molecular formula is C21H38IN3O2. The van der Waals surface area contributed by atoms with Gasteiger partial charge in [-0.25, -0.2) is 0 Å². The molecule has 0 saturated heterocycles. The normalized spacial score (nSPS) is 11.1. The van der Waals surface area contributed by atoms with Gasteiger partial charge in [-0.3, -0.25) is 4.99 Å². The first kappa shape index (κ1) is 26.1. The molecule has 0 heterocycles. The molecule has 1 aromatic carbocycles. The van der Waals surface area contributed by atoms with Crippen molar-refractivity contribution >= 4 is 29.9 Å². The van der Waals surface area contributed by atoms with Gasteiger partial charge in [-0.05, 0) is 37.7 Å². The van der Waals surface area contributed by atoms with Crippen LogP contribution in [-0.4, -0.2) is 52.5 Å². The SMILES string of the molecule is CCCCOCCCNC(=NC)NCCCCOCCc1ccccc1.I. The van der Waals surface area contributed by atoms with E-state index in [1.807, 2.05) is 6.07 Å². The van der Waals surface area contributed by atoms with Crippen LogP contribution in [0.1, 0.15) is 44.6 Å². The zero-order valence-corrected chi connectivity index (χ0v) is 19.4. The highest BCUT2D eigenvalue weighted by molar-refractivity contribution is 14.0. The van der Waals surface area contributed by atoms with E-state index >= 15 is 0 Å². The van der Waals surface area contributed by atoms with Crippen LogP contribution in [0.4, 0.5) is 0 Å². The third-order valence-electron chi connectivity index (χ3n) is 4.01. The molecule has 0 aliphatic rings. The number of guanidine groups is 1. The number of halogens is 1. The monoisotopic (exact) mass is 491 g/mol. The molecule has 1 aromatic rings. The Hall–Kier alpha value is -0.860. The van der Waals surface area contributed by atoms with Crippen LogP contribution in [0.15, 0.2) is 35.3 Å². The number of rotatable bonds is 15. The van der Waals surface area contributed by atoms with E-state index in [4.69, 9.17) is 9.47 Å². The molecule has 156 valence electrons. The van der Waals surface area contributed by atoms with Crippen molar-refractivity contribution in [3.05, 3.63) is 35.9 Å². The van der Waals surface area contributed by atoms with Crippen molar-refractivity contribution in [3.63, 3.8) is 0 Å². The zero-order chi connectivity index (χ0) is 18.7. The van der Waals surface area contributed by atoms with Crippen LogP contribution in [0, 0.1) is 0 Å². The van der Waals surface area contributed by atoms with Crippen molar-refractivity contribution < 1.29 is 9.47 Å². The second-order valence-electron chi connectivity index (χ2n) is 6.30. The molecule has 2 N–H and O–H groups in total. The van der Waals surface area contributed by atoms with Crippen LogP contribution in [0.25, 0.3) is 0 Å². The van der Waals surface area contributed by atoms with Gasteiger partial charge < -0.3 is 20.1 Å². The highest BCUT2D eigenvalue weighted by Crippen LogP contribution is 2.00. The minimum Gasteiger partial charge on any atom is -0.381 e. The summed E-state index contributed by atoms with van der Waals surface area (Å²) >= 11 is 0. The van der Waals surface area contributed by atoms with Gasteiger partial charge in [0.2, 0.25) is 0 Å². The van der Waals surface area contributed by atoms with Gasteiger partial charge in [0, 0.05) is 40.0 Å². The summed E-state index contributed by atoms with van der Waals surface area (Å²) in [5.41, 5.74) is 1.33. The average molecular weight is 491 g/mol. The summed E-state index contributed by atoms with van der Waals surface area (Å²) in [7, 11) is 1.81. The lowest BCUT2D eigenvalue weighted by Crippen LogP contribution is -2.38. The molecule has 0 spiro atoms. The number of aliphatic imine (C=N–C) groups is 1. The first-order valence-electron chi connectivity index (χ1n) is 10.0. The molecule has 0 aromatic heterocycles. The summed E-state index contributed by atoms with van der Waals surface area (Å²) in [5.74, 6) is 0.864. The molecule has 1 rings (SSSR count). The Balaban J connectivity index is 0.00000676. The minimum atomic E-state index is 0. The fraction of sp³-hybridized carbons (Fsp3) is 0.667. The molecule has 0 radical (unpaired) electrons. The summed E-state index contributed by atoms with van der Waals surface area (Å²) in [6.45, 7) is 7.26. The number of benzene rings is 1. The number of unbranched alkanes of at least 4 members (excludes halogenated alkanes) is 2. The van der Waals surface area contributed by atoms with Gasteiger partial charge in [-0.15, -0.1) is 24.0 Å². The molecule has 0 atom stereocenters. The largest absolute Gasteiger partial charge is 0.381 e. The van der Waals surface area contributed by atoms with Crippen molar-refractivity contribution in [2.75, 3.05) is 46.6 Å². The van der Waals surface area contributed by atoms with Crippen molar-refractivity contribution in [1.82, 2.24) is 10.6 Å². The third kappa shape index (κ3) is 15.9. The lowest BCUT2D eigenvalue weighted by Gasteiger charge is -2.12. The summed E-state index contributed by atoms with van der Waals surface area (Å²) < 4.78 is 11.3. The van der Waals surface area contributed by atoms with Crippen LogP contribution in [0.2, 0.25) is 0 Å². The number of hydrogen-bond acceptors (Lipinski definition) is 3. The molecular weight excluding hydrogens is 453 g/mol. The van der Waals surface area contributed by atoms with Crippen molar-refractivity contribution in [3.8, 4) is 0 Å². The quantitative estimate of drug-likeness (QED) is 0.169. The average Bonchev–Trinajstić information content (AvgIpc) is 2.68. The van der Waals surface area contributed by atoms with Crippen LogP contribution in [0.3, 0.4) is 0 Å². The van der Waals surface area contributed by atoms with E-state index in [2.05, 4.69) is 46.8 Å². The summed E-state index contributed by atoms with van der Waals surface area (Å²) in [6.07, 6.45) is 6.45. The lowest BCUT2D eigenvalue weighted by molar-refractivity contribution is 0.129. The van der Waals surface area contributed by atoms with Gasteiger partial charge in [-0.2, -0.15) is 0 Å². The molecule has 0 aliphatic heterocycles. The fourth-order valence-corrected chi connectivity index (χ4v) is 2.42. The van der Waals surface area contributed by atoms with Crippen LogP contribution in [-0.2, 0) is 15.9 Å². The van der Waals surface area contributed by atoms with E-state index in [0.717, 1.165) is 77.6 Å². The van der Waals surface area contributed by atoms with Gasteiger partial charge in [0.05, 0.1) is 6.61 Å². The Labute approximate surface area is 182 Å². The fourth-order valence-electron chi connectivity index (χ4n) is 2.42. The van der Waals surface area contributed by atoms with E-state index in [0.29, 0.717) is 0 Å². The standard InChI is InChI=1S/C21H37N3O2.HI/c1-3-4-16-25-18-10-15-24-21(22-2)23-14-8-9-17-26-19-13-20-11-6-5-7-12-20;/h5-7,11-12H,3-4,8-10,13-19H2,1-2H3,(H2,22,23,24);1H. The van der Waals surface area contributed by atoms with Crippen LogP contribution in [0.5, 0.6) is 0 Å². The van der Waals surface area contributed by atoms with Crippen LogP contribution >= 0.6 is 24.0 Å². The maximum Gasteiger partial charge on any atom is 0.190 e. The Morgan fingerprint density at radius 3 is 2.19 bits per heavy atom. The highest BCUT2D eigenvalue weighted by Gasteiger charge is 1.97.